The molecule has 0 radical (unpaired) electrons. The lowest BCUT2D eigenvalue weighted by Gasteiger charge is -2.20. The van der Waals surface area contributed by atoms with Gasteiger partial charge in [0.2, 0.25) is 5.91 Å². The number of hydrogen-bond donors (Lipinski definition) is 3. The van der Waals surface area contributed by atoms with E-state index in [1.807, 2.05) is 6.08 Å². The molecule has 0 aromatic carbocycles. The number of carbonyl (C=O) groups excluding carboxylic acids is 2. The Morgan fingerprint density at radius 3 is 0.919 bits per heavy atom. The molecule has 0 rings (SSSR count). The lowest BCUT2D eigenvalue weighted by Crippen LogP contribution is -2.45. The zero-order chi connectivity index (χ0) is 62.0. The molecule has 0 aliphatic rings. The maximum Gasteiger partial charge on any atom is 0.305 e. The summed E-state index contributed by atoms with van der Waals surface area (Å²) in [6.07, 6.45) is 98.4. The second-order valence-electron chi connectivity index (χ2n) is 27.0. The first-order chi connectivity index (χ1) is 42.5. The van der Waals surface area contributed by atoms with Crippen LogP contribution in [0.3, 0.4) is 0 Å². The van der Waals surface area contributed by atoms with Crippen LogP contribution in [0.1, 0.15) is 438 Å². The maximum absolute atomic E-state index is 12.5. The van der Waals surface area contributed by atoms with Crippen LogP contribution in [-0.4, -0.2) is 47.4 Å². The summed E-state index contributed by atoms with van der Waals surface area (Å²) in [7, 11) is 0. The van der Waals surface area contributed by atoms with Crippen LogP contribution in [0.15, 0.2) is 36.5 Å². The summed E-state index contributed by atoms with van der Waals surface area (Å²) < 4.78 is 5.49. The highest BCUT2D eigenvalue weighted by Gasteiger charge is 2.18. The Kier molecular flexibility index (Phi) is 73.9. The highest BCUT2D eigenvalue weighted by Crippen LogP contribution is 2.20. The molecule has 0 fully saturated rings. The summed E-state index contributed by atoms with van der Waals surface area (Å²) in [6, 6.07) is -0.625. The highest BCUT2D eigenvalue weighted by atomic mass is 16.5. The summed E-state index contributed by atoms with van der Waals surface area (Å²) in [5.74, 6) is -0.0512. The number of aliphatic hydroxyl groups excluding tert-OH is 2. The molecule has 86 heavy (non-hydrogen) atoms. The lowest BCUT2D eigenvalue weighted by molar-refractivity contribution is -0.143. The fraction of sp³-hybridized carbons (Fsp3) is 0.900. The fourth-order valence-corrected chi connectivity index (χ4v) is 12.4. The zero-order valence-electron chi connectivity index (χ0n) is 58.3. The predicted molar refractivity (Wildman–Crippen MR) is 379 cm³/mol. The Hall–Kier alpha value is -1.92. The molecule has 0 spiro atoms. The number of carbonyl (C=O) groups is 2. The average molecular weight is 1210 g/mol. The molecule has 3 N–H and O–H groups in total. The molecule has 2 unspecified atom stereocenters. The van der Waals surface area contributed by atoms with Gasteiger partial charge in [-0.25, -0.2) is 0 Å². The van der Waals surface area contributed by atoms with Crippen molar-refractivity contribution >= 4 is 11.9 Å². The van der Waals surface area contributed by atoms with E-state index < -0.39 is 12.1 Å². The van der Waals surface area contributed by atoms with E-state index in [0.717, 1.165) is 51.4 Å². The molecule has 0 aromatic heterocycles. The van der Waals surface area contributed by atoms with Gasteiger partial charge in [-0.1, -0.05) is 403 Å². The van der Waals surface area contributed by atoms with Crippen LogP contribution in [0.5, 0.6) is 0 Å². The molecule has 6 heteroatoms. The number of amides is 1. The molecule has 2 atom stereocenters. The molecule has 508 valence electrons. The third kappa shape index (κ3) is 71.2. The van der Waals surface area contributed by atoms with Crippen molar-refractivity contribution in [3.8, 4) is 0 Å². The Morgan fingerprint density at radius 2 is 0.593 bits per heavy atom. The van der Waals surface area contributed by atoms with Crippen molar-refractivity contribution in [1.29, 1.82) is 0 Å². The minimum Gasteiger partial charge on any atom is -0.466 e. The van der Waals surface area contributed by atoms with Crippen molar-refractivity contribution in [2.45, 2.75) is 450 Å². The number of rotatable bonds is 74. The van der Waals surface area contributed by atoms with Gasteiger partial charge in [-0.15, -0.1) is 0 Å². The summed E-state index contributed by atoms with van der Waals surface area (Å²) in [6.45, 7) is 4.90. The third-order valence-corrected chi connectivity index (χ3v) is 18.4. The Balaban J connectivity index is 3.35. The first-order valence-electron chi connectivity index (χ1n) is 39.3. The molecule has 0 bridgehead atoms. The number of ether oxygens (including phenoxy) is 1. The predicted octanol–water partition coefficient (Wildman–Crippen LogP) is 25.8. The number of allylic oxidation sites excluding steroid dienone is 5. The highest BCUT2D eigenvalue weighted by molar-refractivity contribution is 5.76. The van der Waals surface area contributed by atoms with E-state index in [2.05, 4.69) is 43.5 Å². The van der Waals surface area contributed by atoms with Crippen LogP contribution >= 0.6 is 0 Å². The summed E-state index contributed by atoms with van der Waals surface area (Å²) in [5, 5.41) is 23.3. The molecular weight excluding hydrogens is 1050 g/mol. The van der Waals surface area contributed by atoms with Gasteiger partial charge in [0.1, 0.15) is 0 Å². The molecule has 0 heterocycles. The van der Waals surface area contributed by atoms with Crippen LogP contribution in [0.4, 0.5) is 0 Å². The van der Waals surface area contributed by atoms with Gasteiger partial charge in [-0.2, -0.15) is 0 Å². The average Bonchev–Trinajstić information content (AvgIpc) is 3.56. The Morgan fingerprint density at radius 1 is 0.326 bits per heavy atom. The standard InChI is InChI=1S/C80H153NO5/c1-3-5-7-9-11-13-15-17-19-20-21-22-36-39-42-45-48-52-56-60-64-68-72-78(83)77(76-82)81-79(84)73-69-65-61-57-53-49-46-43-40-37-34-32-30-28-26-24-23-25-27-29-31-33-35-38-41-44-47-51-55-59-63-67-71-75-86-80(85)74-70-66-62-58-54-50-18-16-14-12-10-8-6-4-2/h10,12,16,18,68,72,77-78,82-83H,3-9,11,13-15,17,19-67,69-71,73-76H2,1-2H3,(H,81,84)/b12-10-,18-16-,72-68+. The number of esters is 1. The first kappa shape index (κ1) is 84.1. The topological polar surface area (TPSA) is 95.9 Å². The third-order valence-electron chi connectivity index (χ3n) is 18.4. The van der Waals surface area contributed by atoms with Crippen LogP contribution in [0.25, 0.3) is 0 Å². The molecular formula is C80H153NO5. The number of unbranched alkanes of at least 4 members (excludes halogenated alkanes) is 59. The van der Waals surface area contributed by atoms with Gasteiger partial charge in [0, 0.05) is 12.8 Å². The van der Waals surface area contributed by atoms with Gasteiger partial charge in [-0.05, 0) is 57.8 Å². The van der Waals surface area contributed by atoms with E-state index in [-0.39, 0.29) is 18.5 Å². The lowest BCUT2D eigenvalue weighted by atomic mass is 10.0. The summed E-state index contributed by atoms with van der Waals surface area (Å²) >= 11 is 0. The van der Waals surface area contributed by atoms with Crippen molar-refractivity contribution in [2.24, 2.45) is 0 Å². The maximum atomic E-state index is 12.5. The van der Waals surface area contributed by atoms with Gasteiger partial charge >= 0.3 is 5.97 Å². The first-order valence-corrected chi connectivity index (χ1v) is 39.3. The monoisotopic (exact) mass is 1210 g/mol. The van der Waals surface area contributed by atoms with Crippen molar-refractivity contribution in [3.63, 3.8) is 0 Å². The molecule has 0 aliphatic carbocycles. The van der Waals surface area contributed by atoms with E-state index in [1.54, 1.807) is 6.08 Å². The molecule has 0 aliphatic heterocycles. The van der Waals surface area contributed by atoms with Gasteiger partial charge in [0.15, 0.2) is 0 Å². The minimum absolute atomic E-state index is 0.00735. The number of aliphatic hydroxyl groups is 2. The number of hydrogen-bond acceptors (Lipinski definition) is 5. The van der Waals surface area contributed by atoms with E-state index in [1.165, 1.54) is 360 Å². The van der Waals surface area contributed by atoms with E-state index in [4.69, 9.17) is 4.74 Å². The molecule has 0 saturated heterocycles. The quantitative estimate of drug-likeness (QED) is 0.0320. The van der Waals surface area contributed by atoms with Gasteiger partial charge in [0.25, 0.3) is 0 Å². The largest absolute Gasteiger partial charge is 0.466 e. The second-order valence-corrected chi connectivity index (χ2v) is 27.0. The number of nitrogens with one attached hydrogen (secondary N) is 1. The minimum atomic E-state index is -0.842. The Bertz CT molecular complexity index is 1390. The molecule has 0 saturated carbocycles. The summed E-state index contributed by atoms with van der Waals surface area (Å²) in [5.41, 5.74) is 0. The van der Waals surface area contributed by atoms with Crippen LogP contribution in [0.2, 0.25) is 0 Å². The van der Waals surface area contributed by atoms with Gasteiger partial charge < -0.3 is 20.3 Å². The van der Waals surface area contributed by atoms with Crippen molar-refractivity contribution < 1.29 is 24.5 Å². The van der Waals surface area contributed by atoms with E-state index in [0.29, 0.717) is 19.4 Å². The van der Waals surface area contributed by atoms with Crippen LogP contribution in [-0.2, 0) is 14.3 Å². The fourth-order valence-electron chi connectivity index (χ4n) is 12.4. The van der Waals surface area contributed by atoms with Crippen molar-refractivity contribution in [2.75, 3.05) is 13.2 Å². The Labute approximate surface area is 538 Å². The van der Waals surface area contributed by atoms with E-state index >= 15 is 0 Å². The summed E-state index contributed by atoms with van der Waals surface area (Å²) in [4.78, 5) is 24.6. The second kappa shape index (κ2) is 75.5. The zero-order valence-corrected chi connectivity index (χ0v) is 58.3. The van der Waals surface area contributed by atoms with Crippen molar-refractivity contribution in [3.05, 3.63) is 36.5 Å². The normalized spacial score (nSPS) is 12.7. The SMILES string of the molecule is CCCC/C=C\C/C=C\CCCCCCCC(=O)OCCCCCCCCCCCCCCCCCCCCCCCCCCCCCCCCCCCC(=O)NC(CO)C(O)/C=C/CCCCCCCCCCCCCCCCCCCCCC. The molecule has 0 aromatic rings. The smallest absolute Gasteiger partial charge is 0.305 e. The van der Waals surface area contributed by atoms with Crippen LogP contribution < -0.4 is 5.32 Å². The van der Waals surface area contributed by atoms with Crippen molar-refractivity contribution in [1.82, 2.24) is 5.32 Å². The van der Waals surface area contributed by atoms with E-state index in [9.17, 15) is 19.8 Å². The van der Waals surface area contributed by atoms with Gasteiger partial charge in [-0.3, -0.25) is 9.59 Å². The molecule has 6 nitrogen and oxygen atoms in total. The molecule has 1 amide bonds. The van der Waals surface area contributed by atoms with Crippen LogP contribution in [0, 0.1) is 0 Å². The van der Waals surface area contributed by atoms with Gasteiger partial charge in [0.05, 0.1) is 25.4 Å².